The highest BCUT2D eigenvalue weighted by Gasteiger charge is 2.37. The van der Waals surface area contributed by atoms with Gasteiger partial charge < -0.3 is 14.8 Å². The van der Waals surface area contributed by atoms with E-state index in [0.717, 1.165) is 24.8 Å². The zero-order valence-electron chi connectivity index (χ0n) is 20.4. The molecule has 0 aliphatic carbocycles. The zero-order chi connectivity index (χ0) is 23.5. The Kier molecular flexibility index (Phi) is 10.9. The van der Waals surface area contributed by atoms with E-state index < -0.39 is 11.7 Å². The molecular formula is C23H41N4O4+. The number of ether oxygens (including phenoxy) is 2. The van der Waals surface area contributed by atoms with E-state index in [4.69, 9.17) is 9.47 Å². The Morgan fingerprint density at radius 1 is 1.16 bits per heavy atom. The minimum Gasteiger partial charge on any atom is -0.476 e. The molecule has 0 radical (unpaired) electrons. The average Bonchev–Trinajstić information content (AvgIpc) is 2.69. The van der Waals surface area contributed by atoms with Crippen LogP contribution in [0.3, 0.4) is 0 Å². The van der Waals surface area contributed by atoms with Gasteiger partial charge in [0.25, 0.3) is 0 Å². The molecule has 1 heterocycles. The Morgan fingerprint density at radius 2 is 1.87 bits per heavy atom. The number of nitrogens with one attached hydrogen (secondary N) is 1. The normalized spacial score (nSPS) is 20.2. The Morgan fingerprint density at radius 3 is 2.45 bits per heavy atom. The monoisotopic (exact) mass is 437 g/mol. The molecule has 0 aromatic rings. The van der Waals surface area contributed by atoms with Crippen LogP contribution in [0, 0.1) is 0 Å². The standard InChI is InChI=1S/C23H40N4O4/c1-8-9-10-11-15-30-21(25-6)20(24-5)18-13-12-14-27(7,17-18)19(28)16-26-22(29)31-23(2,3)4/h13H,8-12,14-17H2,1-7H3/p+1. The van der Waals surface area contributed by atoms with E-state index >= 15 is 0 Å². The van der Waals surface area contributed by atoms with E-state index in [-0.39, 0.29) is 16.9 Å². The molecule has 0 saturated heterocycles. The number of nitrogens with zero attached hydrogens (tertiary/aromatic N) is 3. The smallest absolute Gasteiger partial charge is 0.408 e. The van der Waals surface area contributed by atoms with E-state index in [9.17, 15) is 9.59 Å². The van der Waals surface area contributed by atoms with Crippen molar-refractivity contribution in [2.75, 3.05) is 47.4 Å². The van der Waals surface area contributed by atoms with E-state index in [1.54, 1.807) is 34.9 Å². The summed E-state index contributed by atoms with van der Waals surface area (Å²) in [5.74, 6) is 0.431. The van der Waals surface area contributed by atoms with Crippen molar-refractivity contribution in [1.82, 2.24) is 5.32 Å². The quantitative estimate of drug-likeness (QED) is 0.259. The van der Waals surface area contributed by atoms with Gasteiger partial charge in [0.05, 0.1) is 20.2 Å². The van der Waals surface area contributed by atoms with Crippen LogP contribution in [0.2, 0.25) is 0 Å². The van der Waals surface area contributed by atoms with Gasteiger partial charge in [-0.25, -0.2) is 9.59 Å². The lowest BCUT2D eigenvalue weighted by Gasteiger charge is -2.35. The van der Waals surface area contributed by atoms with Gasteiger partial charge in [-0.3, -0.25) is 14.5 Å². The first-order valence-corrected chi connectivity index (χ1v) is 11.2. The Hall–Kier alpha value is -2.22. The maximum Gasteiger partial charge on any atom is 0.408 e. The second-order valence-corrected chi connectivity index (χ2v) is 9.05. The molecule has 1 atom stereocenters. The molecule has 0 spiro atoms. The number of unbranched alkanes of at least 4 members (excludes halogenated alkanes) is 3. The number of rotatable bonds is 9. The van der Waals surface area contributed by atoms with Gasteiger partial charge in [-0.2, -0.15) is 0 Å². The number of aliphatic imine (C=N–C) groups is 2. The van der Waals surface area contributed by atoms with E-state index in [1.165, 1.54) is 12.8 Å². The van der Waals surface area contributed by atoms with Gasteiger partial charge >= 0.3 is 12.0 Å². The zero-order valence-corrected chi connectivity index (χ0v) is 20.4. The maximum absolute atomic E-state index is 12.9. The second-order valence-electron chi connectivity index (χ2n) is 9.05. The molecule has 1 aliphatic heterocycles. The van der Waals surface area contributed by atoms with Crippen LogP contribution in [0.15, 0.2) is 21.6 Å². The third-order valence-corrected chi connectivity index (χ3v) is 5.09. The molecule has 1 rings (SSSR count). The van der Waals surface area contributed by atoms with Gasteiger partial charge in [0.2, 0.25) is 5.90 Å². The lowest BCUT2D eigenvalue weighted by Crippen LogP contribution is -2.57. The molecule has 1 aliphatic rings. The largest absolute Gasteiger partial charge is 0.476 e. The van der Waals surface area contributed by atoms with Crippen LogP contribution in [-0.2, 0) is 14.3 Å². The molecule has 0 bridgehead atoms. The Balaban J connectivity index is 2.75. The number of alkyl carbamates (subject to hydrolysis) is 1. The summed E-state index contributed by atoms with van der Waals surface area (Å²) >= 11 is 0. The van der Waals surface area contributed by atoms with Crippen LogP contribution in [0.4, 0.5) is 4.79 Å². The van der Waals surface area contributed by atoms with Crippen molar-refractivity contribution in [3.05, 3.63) is 11.6 Å². The van der Waals surface area contributed by atoms with E-state index in [0.29, 0.717) is 31.3 Å². The molecule has 0 aromatic carbocycles. The molecule has 8 heteroatoms. The lowest BCUT2D eigenvalue weighted by molar-refractivity contribution is -0.830. The number of hydrogen-bond donors (Lipinski definition) is 1. The highest BCUT2D eigenvalue weighted by Crippen LogP contribution is 2.19. The van der Waals surface area contributed by atoms with E-state index in [2.05, 4.69) is 28.3 Å². The molecule has 0 fully saturated rings. The van der Waals surface area contributed by atoms with Crippen molar-refractivity contribution in [3.63, 3.8) is 0 Å². The van der Waals surface area contributed by atoms with Gasteiger partial charge in [0, 0.05) is 26.1 Å². The molecule has 1 unspecified atom stereocenters. The van der Waals surface area contributed by atoms with Crippen molar-refractivity contribution >= 4 is 23.6 Å². The topological polar surface area (TPSA) is 89.4 Å². The molecule has 0 saturated carbocycles. The first-order valence-electron chi connectivity index (χ1n) is 11.2. The van der Waals surface area contributed by atoms with Gasteiger partial charge in [0.15, 0.2) is 0 Å². The SMILES string of the molecule is CCCCCCOC(=NC)C(=NC)C1=CCC[N+](C)(C(=O)CNC(=O)OC(C)(C)C)C1. The van der Waals surface area contributed by atoms with Crippen LogP contribution in [0.5, 0.6) is 0 Å². The molecular weight excluding hydrogens is 396 g/mol. The fourth-order valence-corrected chi connectivity index (χ4v) is 3.39. The van der Waals surface area contributed by atoms with Gasteiger partial charge in [-0.05, 0) is 27.2 Å². The van der Waals surface area contributed by atoms with Gasteiger partial charge in [-0.15, -0.1) is 0 Å². The number of hydrogen-bond acceptors (Lipinski definition) is 6. The molecule has 176 valence electrons. The summed E-state index contributed by atoms with van der Waals surface area (Å²) in [7, 11) is 5.29. The number of quaternary nitrogens is 1. The summed E-state index contributed by atoms with van der Waals surface area (Å²) in [4.78, 5) is 33.6. The highest BCUT2D eigenvalue weighted by molar-refractivity contribution is 6.45. The summed E-state index contributed by atoms with van der Waals surface area (Å²) in [6, 6.07) is 0. The minimum absolute atomic E-state index is 0.0811. The second kappa shape index (κ2) is 12.6. The Labute approximate surface area is 187 Å². The molecule has 8 nitrogen and oxygen atoms in total. The summed E-state index contributed by atoms with van der Waals surface area (Å²) in [6.07, 6.45) is 6.72. The summed E-state index contributed by atoms with van der Waals surface area (Å²) < 4.78 is 11.3. The molecule has 1 N–H and O–H groups in total. The third kappa shape index (κ3) is 9.21. The fraction of sp³-hybridized carbons (Fsp3) is 0.739. The number of carbonyl (C=O) groups is 2. The van der Waals surface area contributed by atoms with Crippen LogP contribution < -0.4 is 5.32 Å². The average molecular weight is 438 g/mol. The maximum atomic E-state index is 12.9. The predicted molar refractivity (Wildman–Crippen MR) is 125 cm³/mol. The third-order valence-electron chi connectivity index (χ3n) is 5.09. The first kappa shape index (κ1) is 26.8. The van der Waals surface area contributed by atoms with Crippen molar-refractivity contribution in [3.8, 4) is 0 Å². The van der Waals surface area contributed by atoms with Gasteiger partial charge in [-0.1, -0.05) is 32.3 Å². The van der Waals surface area contributed by atoms with Crippen LogP contribution in [0.1, 0.15) is 59.8 Å². The van der Waals surface area contributed by atoms with E-state index in [1.807, 2.05) is 7.05 Å². The van der Waals surface area contributed by atoms with Crippen LogP contribution in [-0.4, -0.2) is 81.1 Å². The minimum atomic E-state index is -0.606. The van der Waals surface area contributed by atoms with Crippen molar-refractivity contribution in [2.24, 2.45) is 9.98 Å². The molecule has 0 aromatic heterocycles. The van der Waals surface area contributed by atoms with Crippen molar-refractivity contribution in [1.29, 1.82) is 0 Å². The van der Waals surface area contributed by atoms with Crippen LogP contribution >= 0.6 is 0 Å². The Bertz CT molecular complexity index is 707. The summed E-state index contributed by atoms with van der Waals surface area (Å²) in [6.45, 7) is 9.18. The fourth-order valence-electron chi connectivity index (χ4n) is 3.39. The van der Waals surface area contributed by atoms with Gasteiger partial charge in [0.1, 0.15) is 24.4 Å². The summed E-state index contributed by atoms with van der Waals surface area (Å²) in [5.41, 5.74) is 1.02. The number of amides is 2. The van der Waals surface area contributed by atoms with Crippen LogP contribution in [0.25, 0.3) is 0 Å². The molecule has 31 heavy (non-hydrogen) atoms. The highest BCUT2D eigenvalue weighted by atomic mass is 16.6. The first-order chi connectivity index (χ1) is 14.6. The summed E-state index contributed by atoms with van der Waals surface area (Å²) in [5, 5.41) is 2.57. The van der Waals surface area contributed by atoms with Crippen molar-refractivity contribution < 1.29 is 23.5 Å². The molecule has 2 amide bonds. The van der Waals surface area contributed by atoms with Crippen molar-refractivity contribution in [2.45, 2.75) is 65.4 Å². The number of carbonyl (C=O) groups excluding carboxylic acids is 2. The predicted octanol–water partition coefficient (Wildman–Crippen LogP) is 3.51. The number of likely N-dealkylation sites (N-methyl/N-ethyl adjacent to an activating group) is 1. The lowest BCUT2D eigenvalue weighted by atomic mass is 10.0.